The highest BCUT2D eigenvalue weighted by Crippen LogP contribution is 2.29. The second kappa shape index (κ2) is 7.83. The molecule has 0 spiro atoms. The van der Waals surface area contributed by atoms with Gasteiger partial charge in [0, 0.05) is 12.1 Å². The molecule has 4 nitrogen and oxygen atoms in total. The number of rotatable bonds is 5. The first kappa shape index (κ1) is 18.5. The fourth-order valence-corrected chi connectivity index (χ4v) is 2.19. The Morgan fingerprint density at radius 3 is 2.28 bits per heavy atom. The maximum absolute atomic E-state index is 12.5. The van der Waals surface area contributed by atoms with Gasteiger partial charge in [-0.15, -0.1) is 0 Å². The van der Waals surface area contributed by atoms with Gasteiger partial charge < -0.3 is 10.1 Å². The summed E-state index contributed by atoms with van der Waals surface area (Å²) in [6.07, 6.45) is -3.97. The van der Waals surface area contributed by atoms with Crippen molar-refractivity contribution in [2.24, 2.45) is 0 Å². The molecule has 0 aliphatic carbocycles. The van der Waals surface area contributed by atoms with E-state index >= 15 is 0 Å². The monoisotopic (exact) mass is 351 g/mol. The first-order chi connectivity index (χ1) is 11.8. The van der Waals surface area contributed by atoms with Crippen molar-refractivity contribution < 1.29 is 27.5 Å². The number of alkyl halides is 3. The molecule has 2 aromatic carbocycles. The molecule has 0 saturated carbocycles. The molecule has 2 rings (SSSR count). The average Bonchev–Trinajstić information content (AvgIpc) is 2.60. The molecule has 0 aliphatic rings. The van der Waals surface area contributed by atoms with Crippen LogP contribution >= 0.6 is 0 Å². The second-order valence-corrected chi connectivity index (χ2v) is 5.27. The molecule has 0 bridgehead atoms. The smallest absolute Gasteiger partial charge is 0.416 e. The van der Waals surface area contributed by atoms with Gasteiger partial charge in [0.1, 0.15) is 0 Å². The topological polar surface area (TPSA) is 55.4 Å². The van der Waals surface area contributed by atoms with Gasteiger partial charge >= 0.3 is 12.1 Å². The van der Waals surface area contributed by atoms with Gasteiger partial charge in [-0.2, -0.15) is 13.2 Å². The summed E-state index contributed by atoms with van der Waals surface area (Å²) >= 11 is 0. The normalized spacial score (nSPS) is 11.0. The van der Waals surface area contributed by atoms with Crippen molar-refractivity contribution in [2.75, 3.05) is 13.7 Å². The Hall–Kier alpha value is -2.83. The van der Waals surface area contributed by atoms with E-state index in [0.717, 1.165) is 12.1 Å². The quantitative estimate of drug-likeness (QED) is 0.840. The Morgan fingerprint density at radius 1 is 1.04 bits per heavy atom. The van der Waals surface area contributed by atoms with Crippen LogP contribution in [0, 0.1) is 0 Å². The molecule has 0 saturated heterocycles. The number of amides is 1. The van der Waals surface area contributed by atoms with Gasteiger partial charge in [0.25, 0.3) is 5.91 Å². The average molecular weight is 351 g/mol. The lowest BCUT2D eigenvalue weighted by atomic mass is 10.1. The van der Waals surface area contributed by atoms with Crippen LogP contribution in [0.1, 0.15) is 31.8 Å². The molecule has 1 N–H and O–H groups in total. The number of nitrogens with one attached hydrogen (secondary N) is 1. The van der Waals surface area contributed by atoms with Crippen LogP contribution in [0.3, 0.4) is 0 Å². The van der Waals surface area contributed by atoms with Crippen LogP contribution in [-0.4, -0.2) is 25.5 Å². The van der Waals surface area contributed by atoms with Crippen LogP contribution < -0.4 is 5.32 Å². The number of carbonyl (C=O) groups excluding carboxylic acids is 2. The minimum Gasteiger partial charge on any atom is -0.465 e. The fourth-order valence-electron chi connectivity index (χ4n) is 2.19. The minimum atomic E-state index is -4.36. The summed E-state index contributed by atoms with van der Waals surface area (Å²) in [4.78, 5) is 23.5. The lowest BCUT2D eigenvalue weighted by molar-refractivity contribution is -0.137. The molecule has 0 atom stereocenters. The van der Waals surface area contributed by atoms with Crippen LogP contribution in [0.2, 0.25) is 0 Å². The molecule has 0 aromatic heterocycles. The summed E-state index contributed by atoms with van der Waals surface area (Å²) < 4.78 is 42.1. The van der Waals surface area contributed by atoms with E-state index in [9.17, 15) is 22.8 Å². The van der Waals surface area contributed by atoms with E-state index in [0.29, 0.717) is 17.5 Å². The molecule has 0 aliphatic heterocycles. The molecule has 0 fully saturated rings. The Labute approximate surface area is 142 Å². The fraction of sp³-hybridized carbons (Fsp3) is 0.222. The molecule has 7 heteroatoms. The summed E-state index contributed by atoms with van der Waals surface area (Å²) in [5.41, 5.74) is 0.532. The van der Waals surface area contributed by atoms with E-state index in [1.165, 1.54) is 31.4 Å². The number of halogens is 3. The van der Waals surface area contributed by atoms with Gasteiger partial charge in [-0.3, -0.25) is 4.79 Å². The number of esters is 1. The molecular formula is C18H16F3NO3. The second-order valence-electron chi connectivity index (χ2n) is 5.27. The van der Waals surface area contributed by atoms with E-state index < -0.39 is 17.7 Å². The third-order valence-corrected chi connectivity index (χ3v) is 3.53. The van der Waals surface area contributed by atoms with Crippen LogP contribution in [0.15, 0.2) is 48.5 Å². The lowest BCUT2D eigenvalue weighted by Crippen LogP contribution is -2.26. The number of benzene rings is 2. The Bertz CT molecular complexity index is 755. The summed E-state index contributed by atoms with van der Waals surface area (Å²) in [5.74, 6) is -0.919. The van der Waals surface area contributed by atoms with Crippen molar-refractivity contribution >= 4 is 11.9 Å². The van der Waals surface area contributed by atoms with Gasteiger partial charge in [-0.1, -0.05) is 18.2 Å². The summed E-state index contributed by atoms with van der Waals surface area (Å²) in [7, 11) is 1.25. The Balaban J connectivity index is 1.91. The maximum atomic E-state index is 12.5. The number of methoxy groups -OCH3 is 1. The molecule has 0 radical (unpaired) electrons. The van der Waals surface area contributed by atoms with Crippen molar-refractivity contribution in [1.29, 1.82) is 0 Å². The summed E-state index contributed by atoms with van der Waals surface area (Å²) in [5, 5.41) is 2.66. The highest BCUT2D eigenvalue weighted by Gasteiger charge is 2.29. The van der Waals surface area contributed by atoms with Crippen LogP contribution in [0.5, 0.6) is 0 Å². The molecule has 1 amide bonds. The highest BCUT2D eigenvalue weighted by atomic mass is 19.4. The molecule has 25 heavy (non-hydrogen) atoms. The van der Waals surface area contributed by atoms with Gasteiger partial charge in [0.2, 0.25) is 0 Å². The lowest BCUT2D eigenvalue weighted by Gasteiger charge is -2.09. The number of ether oxygens (including phenoxy) is 1. The molecule has 0 unspecified atom stereocenters. The van der Waals surface area contributed by atoms with E-state index in [1.54, 1.807) is 12.1 Å². The predicted molar refractivity (Wildman–Crippen MR) is 85.3 cm³/mol. The Kier molecular flexibility index (Phi) is 5.80. The molecule has 2 aromatic rings. The first-order valence-corrected chi connectivity index (χ1v) is 7.44. The third kappa shape index (κ3) is 5.07. The van der Waals surface area contributed by atoms with Crippen LogP contribution in [-0.2, 0) is 17.3 Å². The molecule has 132 valence electrons. The third-order valence-electron chi connectivity index (χ3n) is 3.53. The predicted octanol–water partition coefficient (Wildman–Crippen LogP) is 3.46. The van der Waals surface area contributed by atoms with E-state index in [2.05, 4.69) is 10.1 Å². The standard InChI is InChI=1S/C18H16F3NO3/c1-25-17(24)14-4-2-3-13(11-14)16(23)22-10-9-12-5-7-15(8-6-12)18(19,20)21/h2-8,11H,9-10H2,1H3,(H,22,23). The van der Waals surface area contributed by atoms with Crippen molar-refractivity contribution in [2.45, 2.75) is 12.6 Å². The summed E-state index contributed by atoms with van der Waals surface area (Å²) in [6, 6.07) is 10.9. The largest absolute Gasteiger partial charge is 0.465 e. The van der Waals surface area contributed by atoms with E-state index in [-0.39, 0.29) is 18.0 Å². The van der Waals surface area contributed by atoms with Gasteiger partial charge in [-0.05, 0) is 42.3 Å². The van der Waals surface area contributed by atoms with E-state index in [1.807, 2.05) is 0 Å². The van der Waals surface area contributed by atoms with Gasteiger partial charge in [0.05, 0.1) is 18.2 Å². The number of hydrogen-bond acceptors (Lipinski definition) is 3. The molecule has 0 heterocycles. The van der Waals surface area contributed by atoms with Crippen molar-refractivity contribution in [3.8, 4) is 0 Å². The van der Waals surface area contributed by atoms with E-state index in [4.69, 9.17) is 0 Å². The highest BCUT2D eigenvalue weighted by molar-refractivity contribution is 5.97. The maximum Gasteiger partial charge on any atom is 0.416 e. The van der Waals surface area contributed by atoms with Gasteiger partial charge in [0.15, 0.2) is 0 Å². The minimum absolute atomic E-state index is 0.257. The zero-order valence-corrected chi connectivity index (χ0v) is 13.4. The number of carbonyl (C=O) groups is 2. The van der Waals surface area contributed by atoms with Crippen LogP contribution in [0.4, 0.5) is 13.2 Å². The van der Waals surface area contributed by atoms with Crippen LogP contribution in [0.25, 0.3) is 0 Å². The summed E-state index contributed by atoms with van der Waals surface area (Å²) in [6.45, 7) is 0.257. The zero-order valence-electron chi connectivity index (χ0n) is 13.4. The van der Waals surface area contributed by atoms with Crippen molar-refractivity contribution in [1.82, 2.24) is 5.32 Å². The van der Waals surface area contributed by atoms with Crippen molar-refractivity contribution in [3.63, 3.8) is 0 Å². The SMILES string of the molecule is COC(=O)c1cccc(C(=O)NCCc2ccc(C(F)(F)F)cc2)c1. The number of hydrogen-bond donors (Lipinski definition) is 1. The zero-order chi connectivity index (χ0) is 18.4. The first-order valence-electron chi connectivity index (χ1n) is 7.44. The van der Waals surface area contributed by atoms with Crippen molar-refractivity contribution in [3.05, 3.63) is 70.8 Å². The van der Waals surface area contributed by atoms with Gasteiger partial charge in [-0.25, -0.2) is 4.79 Å². The Morgan fingerprint density at radius 2 is 1.68 bits per heavy atom. The molecular weight excluding hydrogens is 335 g/mol.